The summed E-state index contributed by atoms with van der Waals surface area (Å²) in [5.41, 5.74) is 9.39. The fourth-order valence-electron chi connectivity index (χ4n) is 2.55. The minimum absolute atomic E-state index is 0.507. The van der Waals surface area contributed by atoms with Crippen LogP contribution in [0.25, 0.3) is 5.65 Å². The third-order valence-corrected chi connectivity index (χ3v) is 3.98. The number of aromatic nitrogens is 3. The average molecular weight is 317 g/mol. The van der Waals surface area contributed by atoms with Gasteiger partial charge in [-0.3, -0.25) is 4.79 Å². The number of rotatable bonds is 5. The van der Waals surface area contributed by atoms with Gasteiger partial charge < -0.3 is 5.73 Å². The van der Waals surface area contributed by atoms with Gasteiger partial charge in [0.15, 0.2) is 0 Å². The van der Waals surface area contributed by atoms with Crippen LogP contribution < -0.4 is 10.2 Å². The Labute approximate surface area is 132 Å². The number of nitrogens with one attached hydrogen (secondary N) is 1. The van der Waals surface area contributed by atoms with E-state index in [4.69, 9.17) is 17.3 Å². The van der Waals surface area contributed by atoms with Gasteiger partial charge in [-0.15, -0.1) is 4.52 Å². The molecular formula is C16H17ClN4O+2. The molecule has 0 amide bonds. The highest BCUT2D eigenvalue weighted by Crippen LogP contribution is 2.23. The van der Waals surface area contributed by atoms with Crippen LogP contribution in [0.5, 0.6) is 0 Å². The number of hydrogen-bond acceptors (Lipinski definition) is 2. The Hall–Kier alpha value is -2.24. The van der Waals surface area contributed by atoms with Crippen molar-refractivity contribution in [3.05, 3.63) is 64.6 Å². The minimum Gasteiger partial charge on any atom is -0.313 e. The number of carbonyl (C=O) groups excluding carboxylic acids is 1. The molecule has 1 aromatic carbocycles. The van der Waals surface area contributed by atoms with Gasteiger partial charge >= 0.3 is 11.9 Å². The lowest BCUT2D eigenvalue weighted by atomic mass is 10.1. The van der Waals surface area contributed by atoms with Gasteiger partial charge in [0.25, 0.3) is 0 Å². The highest BCUT2D eigenvalue weighted by molar-refractivity contribution is 6.32. The molecule has 112 valence electrons. The van der Waals surface area contributed by atoms with Crippen molar-refractivity contribution < 1.29 is 9.31 Å². The van der Waals surface area contributed by atoms with E-state index in [9.17, 15) is 4.79 Å². The molecule has 0 aliphatic rings. The maximum atomic E-state index is 9.18. The SMILES string of the molecule is N[C@H](C=[OH+])c1c(Cl)cc(CCc2ccccc2)[n+]2[nH]cnc12. The smallest absolute Gasteiger partial charge is 0.313 e. The fourth-order valence-corrected chi connectivity index (χ4v) is 2.89. The molecule has 0 saturated heterocycles. The highest BCUT2D eigenvalue weighted by Gasteiger charge is 2.26. The molecule has 0 radical (unpaired) electrons. The van der Waals surface area contributed by atoms with Crippen LogP contribution in [0.2, 0.25) is 5.02 Å². The van der Waals surface area contributed by atoms with E-state index in [0.29, 0.717) is 16.2 Å². The van der Waals surface area contributed by atoms with Crippen molar-refractivity contribution in [1.29, 1.82) is 0 Å². The monoisotopic (exact) mass is 316 g/mol. The Morgan fingerprint density at radius 2 is 2.09 bits per heavy atom. The Morgan fingerprint density at radius 3 is 2.82 bits per heavy atom. The Kier molecular flexibility index (Phi) is 4.18. The summed E-state index contributed by atoms with van der Waals surface area (Å²) in [5, 5.41) is 3.57. The first-order chi connectivity index (χ1) is 10.7. The number of fused-ring (bicyclic) bond motifs is 1. The van der Waals surface area contributed by atoms with Crippen molar-refractivity contribution >= 4 is 23.5 Å². The van der Waals surface area contributed by atoms with E-state index in [-0.39, 0.29) is 0 Å². The summed E-state index contributed by atoms with van der Waals surface area (Å²) in [6.45, 7) is 0. The molecular weight excluding hydrogens is 300 g/mol. The number of aldehydes is 1. The number of aromatic amines is 1. The zero-order valence-electron chi connectivity index (χ0n) is 11.9. The molecule has 6 heteroatoms. The van der Waals surface area contributed by atoms with Crippen molar-refractivity contribution in [1.82, 2.24) is 10.1 Å². The lowest BCUT2D eigenvalue weighted by molar-refractivity contribution is -0.586. The Morgan fingerprint density at radius 1 is 1.32 bits per heavy atom. The van der Waals surface area contributed by atoms with Crippen molar-refractivity contribution in [3.8, 4) is 0 Å². The summed E-state index contributed by atoms with van der Waals surface area (Å²) in [7, 11) is 0. The predicted octanol–water partition coefficient (Wildman–Crippen LogP) is 1.76. The van der Waals surface area contributed by atoms with Gasteiger partial charge in [-0.1, -0.05) is 41.9 Å². The molecule has 4 N–H and O–H groups in total. The number of H-pyrrole nitrogens is 1. The van der Waals surface area contributed by atoms with Crippen molar-refractivity contribution in [2.75, 3.05) is 0 Å². The summed E-state index contributed by atoms with van der Waals surface area (Å²) < 4.78 is 1.85. The van der Waals surface area contributed by atoms with Gasteiger partial charge in [0.05, 0.1) is 10.6 Å². The number of nitrogens with zero attached hydrogens (tertiary/aromatic N) is 2. The first-order valence-electron chi connectivity index (χ1n) is 7.04. The predicted molar refractivity (Wildman–Crippen MR) is 85.5 cm³/mol. The Bertz CT molecular complexity index is 801. The van der Waals surface area contributed by atoms with E-state index in [0.717, 1.165) is 24.8 Å². The van der Waals surface area contributed by atoms with Crippen molar-refractivity contribution in [2.24, 2.45) is 5.73 Å². The zero-order chi connectivity index (χ0) is 15.5. The molecule has 0 fully saturated rings. The molecule has 2 aromatic heterocycles. The van der Waals surface area contributed by atoms with E-state index in [1.165, 1.54) is 5.56 Å². The highest BCUT2D eigenvalue weighted by atomic mass is 35.5. The molecule has 22 heavy (non-hydrogen) atoms. The van der Waals surface area contributed by atoms with Crippen LogP contribution in [0.15, 0.2) is 42.7 Å². The van der Waals surface area contributed by atoms with Gasteiger partial charge in [-0.05, 0) is 17.0 Å². The number of benzene rings is 1. The summed E-state index contributed by atoms with van der Waals surface area (Å²) in [4.78, 5) is 13.5. The van der Waals surface area contributed by atoms with Crippen LogP contribution >= 0.6 is 11.6 Å². The number of halogens is 1. The molecule has 1 atom stereocenters. The topological polar surface area (TPSA) is 80.2 Å². The summed E-state index contributed by atoms with van der Waals surface area (Å²) in [6, 6.07) is 11.5. The first-order valence-corrected chi connectivity index (χ1v) is 7.42. The summed E-state index contributed by atoms with van der Waals surface area (Å²) >= 11 is 6.34. The quantitative estimate of drug-likeness (QED) is 0.427. The maximum Gasteiger partial charge on any atom is 0.355 e. The second-order valence-electron chi connectivity index (χ2n) is 5.10. The third-order valence-electron chi connectivity index (χ3n) is 3.67. The van der Waals surface area contributed by atoms with Gasteiger partial charge in [0, 0.05) is 12.5 Å². The number of hydrogen-bond donors (Lipinski definition) is 2. The lowest BCUT2D eigenvalue weighted by Crippen LogP contribution is -2.32. The van der Waals surface area contributed by atoms with Crippen molar-refractivity contribution in [3.63, 3.8) is 0 Å². The van der Waals surface area contributed by atoms with Crippen LogP contribution in [0.3, 0.4) is 0 Å². The maximum absolute atomic E-state index is 9.18. The van der Waals surface area contributed by atoms with E-state index in [1.54, 1.807) is 6.33 Å². The molecule has 3 aromatic rings. The number of aryl methyl sites for hydroxylation is 2. The summed E-state index contributed by atoms with van der Waals surface area (Å²) in [6.07, 6.45) is 4.21. The molecule has 0 unspecified atom stereocenters. The molecule has 2 heterocycles. The third kappa shape index (κ3) is 2.73. The largest absolute Gasteiger partial charge is 0.355 e. The van der Waals surface area contributed by atoms with E-state index < -0.39 is 6.04 Å². The molecule has 3 rings (SSSR count). The van der Waals surface area contributed by atoms with Gasteiger partial charge in [0.2, 0.25) is 6.33 Å². The van der Waals surface area contributed by atoms with Crippen LogP contribution in [-0.2, 0) is 12.8 Å². The molecule has 0 spiro atoms. The fraction of sp³-hybridized carbons (Fsp3) is 0.188. The van der Waals surface area contributed by atoms with Crippen LogP contribution in [-0.4, -0.2) is 21.2 Å². The number of pyridine rings is 1. The molecule has 0 bridgehead atoms. The van der Waals surface area contributed by atoms with E-state index in [1.807, 2.05) is 28.8 Å². The standard InChI is InChI=1S/C16H15ClN4O/c17-13-8-12(7-6-11-4-2-1-3-5-11)21-16(19-10-20-21)15(13)14(18)9-22/h1-5,8-10,14H,6-7,18H2/p+2/t14-/m1/s1. The minimum atomic E-state index is -0.672. The second kappa shape index (κ2) is 6.25. The first kappa shape index (κ1) is 14.7. The van der Waals surface area contributed by atoms with Crippen LogP contribution in [0.1, 0.15) is 22.9 Å². The van der Waals surface area contributed by atoms with Crippen molar-refractivity contribution in [2.45, 2.75) is 18.9 Å². The van der Waals surface area contributed by atoms with E-state index >= 15 is 0 Å². The average Bonchev–Trinajstić information content (AvgIpc) is 3.02. The van der Waals surface area contributed by atoms with Gasteiger partial charge in [-0.25, -0.2) is 0 Å². The number of nitrogens with two attached hydrogens (primary N) is 1. The Balaban J connectivity index is 1.97. The normalized spacial score (nSPS) is 12.5. The zero-order valence-corrected chi connectivity index (χ0v) is 12.7. The molecule has 0 aliphatic heterocycles. The lowest BCUT2D eigenvalue weighted by Gasteiger charge is -2.06. The molecule has 0 saturated carbocycles. The van der Waals surface area contributed by atoms with Crippen LogP contribution in [0, 0.1) is 0 Å². The second-order valence-corrected chi connectivity index (χ2v) is 5.51. The van der Waals surface area contributed by atoms with Gasteiger partial charge in [0.1, 0.15) is 11.7 Å². The molecule has 0 aliphatic carbocycles. The summed E-state index contributed by atoms with van der Waals surface area (Å²) in [5.74, 6) is 0. The van der Waals surface area contributed by atoms with Crippen LogP contribution in [0.4, 0.5) is 0 Å². The van der Waals surface area contributed by atoms with E-state index in [2.05, 4.69) is 22.2 Å². The van der Waals surface area contributed by atoms with Gasteiger partial charge in [-0.2, -0.15) is 5.10 Å². The molecule has 5 nitrogen and oxygen atoms in total.